The highest BCUT2D eigenvalue weighted by atomic mass is 32.2. The number of aliphatic hydroxyl groups is 1. The number of amides is 3. The normalized spacial score (nSPS) is 21.8. The van der Waals surface area contributed by atoms with E-state index in [0.29, 0.717) is 18.7 Å². The highest BCUT2D eigenvalue weighted by molar-refractivity contribution is 8.00. The Balaban J connectivity index is 1.54. The molecule has 3 amide bonds. The van der Waals surface area contributed by atoms with E-state index in [0.717, 1.165) is 18.4 Å². The maximum Gasteiger partial charge on any atom is 0.254 e. The first-order valence-electron chi connectivity index (χ1n) is 13.2. The molecule has 0 spiro atoms. The van der Waals surface area contributed by atoms with Crippen molar-refractivity contribution in [1.29, 1.82) is 0 Å². The lowest BCUT2D eigenvalue weighted by atomic mass is 9.96. The van der Waals surface area contributed by atoms with Crippen LogP contribution in [-0.4, -0.2) is 80.9 Å². The van der Waals surface area contributed by atoms with Crippen LogP contribution in [0.1, 0.15) is 48.2 Å². The Labute approximate surface area is 233 Å². The third-order valence-corrected chi connectivity index (χ3v) is 8.78. The van der Waals surface area contributed by atoms with E-state index in [9.17, 15) is 24.6 Å². The number of hydrogen-bond donors (Lipinski definition) is 4. The van der Waals surface area contributed by atoms with Crippen LogP contribution in [0.25, 0.3) is 0 Å². The second-order valence-corrected chi connectivity index (χ2v) is 12.2. The topological polar surface area (TPSA) is 128 Å². The Kier molecular flexibility index (Phi) is 9.19. The van der Waals surface area contributed by atoms with Gasteiger partial charge < -0.3 is 30.5 Å². The summed E-state index contributed by atoms with van der Waals surface area (Å²) in [6.45, 7) is 6.49. The number of ether oxygens (including phenoxy) is 1. The second-order valence-electron chi connectivity index (χ2n) is 10.6. The van der Waals surface area contributed by atoms with E-state index in [4.69, 9.17) is 4.74 Å². The van der Waals surface area contributed by atoms with Crippen LogP contribution in [0.15, 0.2) is 48.5 Å². The third kappa shape index (κ3) is 6.74. The van der Waals surface area contributed by atoms with Crippen LogP contribution in [-0.2, 0) is 20.7 Å². The molecular formula is C29H37N3O6S. The Bertz CT molecular complexity index is 1180. The minimum atomic E-state index is -1.60. The van der Waals surface area contributed by atoms with Crippen molar-refractivity contribution in [3.8, 4) is 5.75 Å². The zero-order valence-electron chi connectivity index (χ0n) is 22.6. The largest absolute Gasteiger partial charge is 0.508 e. The highest BCUT2D eigenvalue weighted by Crippen LogP contribution is 2.40. The van der Waals surface area contributed by atoms with Gasteiger partial charge in [0.2, 0.25) is 5.91 Å². The smallest absolute Gasteiger partial charge is 0.254 e. The lowest BCUT2D eigenvalue weighted by Gasteiger charge is -2.33. The molecule has 2 saturated heterocycles. The molecule has 2 heterocycles. The van der Waals surface area contributed by atoms with Crippen molar-refractivity contribution in [3.63, 3.8) is 0 Å². The molecule has 0 radical (unpaired) electrons. The molecule has 0 bridgehead atoms. The number of aliphatic hydroxyl groups excluding tert-OH is 1. The number of carbonyl (C=O) groups excluding carboxylic acids is 3. The van der Waals surface area contributed by atoms with Gasteiger partial charge in [0.05, 0.1) is 18.0 Å². The number of phenolic OH excluding ortho intramolecular Hbond substituents is 1. The maximum absolute atomic E-state index is 13.7. The third-order valence-electron chi connectivity index (χ3n) is 7.40. The molecule has 39 heavy (non-hydrogen) atoms. The van der Waals surface area contributed by atoms with Gasteiger partial charge in [-0.05, 0) is 57.7 Å². The molecule has 9 nitrogen and oxygen atoms in total. The molecule has 2 aliphatic rings. The predicted octanol–water partition coefficient (Wildman–Crippen LogP) is 2.38. The summed E-state index contributed by atoms with van der Waals surface area (Å²) in [5.41, 5.74) is 1.47. The lowest BCUT2D eigenvalue weighted by molar-refractivity contribution is -0.147. The number of hydrogen-bond acceptors (Lipinski definition) is 7. The van der Waals surface area contributed by atoms with Crippen molar-refractivity contribution >= 4 is 29.5 Å². The summed E-state index contributed by atoms with van der Waals surface area (Å²) in [7, 11) is 0. The molecule has 210 valence electrons. The van der Waals surface area contributed by atoms with E-state index in [1.807, 2.05) is 44.2 Å². The summed E-state index contributed by atoms with van der Waals surface area (Å²) in [6, 6.07) is 12.1. The monoisotopic (exact) mass is 555 g/mol. The minimum Gasteiger partial charge on any atom is -0.508 e. The first kappa shape index (κ1) is 28.9. The molecule has 4 N–H and O–H groups in total. The highest BCUT2D eigenvalue weighted by Gasteiger charge is 2.50. The number of nitrogens with one attached hydrogen (secondary N) is 2. The van der Waals surface area contributed by atoms with Gasteiger partial charge in [0.25, 0.3) is 11.8 Å². The summed E-state index contributed by atoms with van der Waals surface area (Å²) < 4.78 is 5.03. The fourth-order valence-corrected chi connectivity index (χ4v) is 6.24. The van der Waals surface area contributed by atoms with Gasteiger partial charge in [0.1, 0.15) is 11.8 Å². The molecule has 2 aromatic carbocycles. The lowest BCUT2D eigenvalue weighted by Crippen LogP contribution is -2.59. The van der Waals surface area contributed by atoms with Crippen LogP contribution < -0.4 is 10.6 Å². The molecule has 4 rings (SSSR count). The minimum absolute atomic E-state index is 0.0212. The first-order valence-corrected chi connectivity index (χ1v) is 14.2. The van der Waals surface area contributed by atoms with Crippen molar-refractivity contribution in [1.82, 2.24) is 15.5 Å². The van der Waals surface area contributed by atoms with Gasteiger partial charge >= 0.3 is 0 Å². The summed E-state index contributed by atoms with van der Waals surface area (Å²) in [6.07, 6.45) is 0.391. The van der Waals surface area contributed by atoms with Crippen LogP contribution in [0.5, 0.6) is 5.75 Å². The van der Waals surface area contributed by atoms with Gasteiger partial charge in [-0.2, -0.15) is 0 Å². The Morgan fingerprint density at radius 3 is 2.59 bits per heavy atom. The molecule has 10 heteroatoms. The van der Waals surface area contributed by atoms with Crippen LogP contribution in [0, 0.1) is 6.92 Å². The zero-order valence-corrected chi connectivity index (χ0v) is 23.4. The zero-order chi connectivity index (χ0) is 28.2. The van der Waals surface area contributed by atoms with E-state index in [1.54, 1.807) is 19.1 Å². The van der Waals surface area contributed by atoms with Crippen LogP contribution >= 0.6 is 11.8 Å². The quantitative estimate of drug-likeness (QED) is 0.374. The van der Waals surface area contributed by atoms with Crippen LogP contribution in [0.4, 0.5) is 0 Å². The first-order chi connectivity index (χ1) is 18.6. The number of phenols is 1. The maximum atomic E-state index is 13.7. The number of carbonyl (C=O) groups is 3. The number of benzene rings is 2. The molecule has 0 aliphatic carbocycles. The molecule has 0 saturated carbocycles. The van der Waals surface area contributed by atoms with Gasteiger partial charge in [-0.15, -0.1) is 11.8 Å². The molecule has 2 fully saturated rings. The summed E-state index contributed by atoms with van der Waals surface area (Å²) in [4.78, 5) is 41.7. The fourth-order valence-electron chi connectivity index (χ4n) is 5.10. The van der Waals surface area contributed by atoms with Crippen LogP contribution in [0.2, 0.25) is 0 Å². The molecule has 2 aromatic rings. The second kappa shape index (κ2) is 12.4. The molecule has 0 unspecified atom stereocenters. The number of rotatable bonds is 9. The van der Waals surface area contributed by atoms with Gasteiger partial charge in [0, 0.05) is 29.0 Å². The Hall–Kier alpha value is -3.08. The van der Waals surface area contributed by atoms with E-state index in [1.165, 1.54) is 22.7 Å². The van der Waals surface area contributed by atoms with E-state index < -0.39 is 34.7 Å². The molecule has 4 atom stereocenters. The summed E-state index contributed by atoms with van der Waals surface area (Å²) in [5.74, 6) is -1.22. The SMILES string of the molecule is Cc1c(O)cccc1C(=O)N[C@@H](Cc1ccccc1)[C@H](O)C(=O)N1CSC(C)(C)[C@@H]1C(=O)NC[C@@H]1CCCO1. The standard InChI is InChI=1S/C29H37N3O6S/c1-18-21(12-7-13-23(18)33)26(35)31-22(15-19-9-5-4-6-10-19)24(34)28(37)32-17-39-29(2,3)25(32)27(36)30-16-20-11-8-14-38-20/h4-7,9-10,12-13,20,22,24-25,33-34H,8,11,14-17H2,1-3H3,(H,30,36)(H,31,35)/t20-,22-,24-,25-/m0/s1. The predicted molar refractivity (Wildman–Crippen MR) is 149 cm³/mol. The van der Waals surface area contributed by atoms with E-state index >= 15 is 0 Å². The summed E-state index contributed by atoms with van der Waals surface area (Å²) in [5, 5.41) is 27.2. The average Bonchev–Trinajstić information content (AvgIpc) is 3.55. The van der Waals surface area contributed by atoms with Crippen molar-refractivity contribution in [2.24, 2.45) is 0 Å². The number of aromatic hydroxyl groups is 1. The van der Waals surface area contributed by atoms with E-state index in [-0.39, 0.29) is 35.6 Å². The molecular weight excluding hydrogens is 518 g/mol. The van der Waals surface area contributed by atoms with E-state index in [2.05, 4.69) is 10.6 Å². The molecule has 0 aromatic heterocycles. The fraction of sp³-hybridized carbons (Fsp3) is 0.483. The number of nitrogens with zero attached hydrogens (tertiary/aromatic N) is 1. The van der Waals surface area contributed by atoms with Crippen LogP contribution in [0.3, 0.4) is 0 Å². The van der Waals surface area contributed by atoms with Crippen molar-refractivity contribution in [2.75, 3.05) is 19.0 Å². The van der Waals surface area contributed by atoms with Crippen molar-refractivity contribution in [2.45, 2.75) is 69.1 Å². The molecule has 2 aliphatic heterocycles. The van der Waals surface area contributed by atoms with Gasteiger partial charge in [0.15, 0.2) is 6.10 Å². The average molecular weight is 556 g/mol. The van der Waals surface area contributed by atoms with Gasteiger partial charge in [-0.3, -0.25) is 14.4 Å². The summed E-state index contributed by atoms with van der Waals surface area (Å²) >= 11 is 1.46. The Morgan fingerprint density at radius 1 is 1.15 bits per heavy atom. The number of thioether (sulfide) groups is 1. The van der Waals surface area contributed by atoms with Gasteiger partial charge in [-0.1, -0.05) is 36.4 Å². The Morgan fingerprint density at radius 2 is 1.90 bits per heavy atom. The van der Waals surface area contributed by atoms with Crippen molar-refractivity contribution in [3.05, 3.63) is 65.2 Å². The van der Waals surface area contributed by atoms with Crippen molar-refractivity contribution < 1.29 is 29.3 Å². The van der Waals surface area contributed by atoms with Gasteiger partial charge in [-0.25, -0.2) is 0 Å².